The van der Waals surface area contributed by atoms with Crippen LogP contribution in [0, 0.1) is 0 Å². The first kappa shape index (κ1) is 41.0. The number of carbonyl (C=O) groups is 2. The van der Waals surface area contributed by atoms with E-state index >= 15 is 0 Å². The van der Waals surface area contributed by atoms with E-state index in [1.165, 1.54) is 13.8 Å². The van der Waals surface area contributed by atoms with E-state index < -0.39 is 154 Å². The monoisotopic (exact) mass is 732 g/mol. The molecular weight excluding hydrogens is 684 g/mol. The van der Waals surface area contributed by atoms with Crippen molar-refractivity contribution in [3.63, 3.8) is 0 Å². The molecule has 20 atom stereocenters. The Labute approximate surface area is 285 Å². The van der Waals surface area contributed by atoms with Crippen LogP contribution in [0.4, 0.5) is 0 Å². The Morgan fingerprint density at radius 1 is 0.520 bits per heavy atom. The van der Waals surface area contributed by atoms with Gasteiger partial charge in [-0.05, 0) is 6.92 Å². The van der Waals surface area contributed by atoms with Gasteiger partial charge in [-0.3, -0.25) is 9.59 Å². The highest BCUT2D eigenvalue weighted by Crippen LogP contribution is 2.34. The molecule has 0 aliphatic carbocycles. The van der Waals surface area contributed by atoms with Gasteiger partial charge in [0.1, 0.15) is 85.4 Å². The highest BCUT2D eigenvalue weighted by molar-refractivity contribution is 5.73. The van der Waals surface area contributed by atoms with Crippen LogP contribution < -0.4 is 10.6 Å². The first-order chi connectivity index (χ1) is 23.5. The van der Waals surface area contributed by atoms with Crippen molar-refractivity contribution in [2.45, 2.75) is 143 Å². The molecule has 0 unspecified atom stereocenters. The minimum absolute atomic E-state index is 0.524. The predicted octanol–water partition coefficient (Wildman–Crippen LogP) is -8.43. The Balaban J connectivity index is 1.54. The Morgan fingerprint density at radius 2 is 0.980 bits per heavy atom. The third-order valence-corrected chi connectivity index (χ3v) is 8.98. The van der Waals surface area contributed by atoms with Gasteiger partial charge >= 0.3 is 0 Å². The maximum absolute atomic E-state index is 11.8. The number of rotatable bonds is 11. The van der Waals surface area contributed by atoms with Crippen LogP contribution in [0.5, 0.6) is 0 Å². The van der Waals surface area contributed by atoms with Crippen molar-refractivity contribution in [1.82, 2.24) is 10.6 Å². The van der Waals surface area contributed by atoms with Gasteiger partial charge in [0.25, 0.3) is 0 Å². The zero-order valence-corrected chi connectivity index (χ0v) is 27.3. The van der Waals surface area contributed by atoms with E-state index in [1.807, 2.05) is 0 Å². The number of aliphatic hydroxyl groups is 11. The van der Waals surface area contributed by atoms with Crippen LogP contribution in [0.15, 0.2) is 0 Å². The van der Waals surface area contributed by atoms with Crippen LogP contribution in [0.2, 0.25) is 0 Å². The molecule has 50 heavy (non-hydrogen) atoms. The predicted molar refractivity (Wildman–Crippen MR) is 156 cm³/mol. The van der Waals surface area contributed by atoms with Crippen molar-refractivity contribution in [1.29, 1.82) is 0 Å². The molecule has 0 bridgehead atoms. The van der Waals surface area contributed by atoms with Crippen molar-refractivity contribution in [3.8, 4) is 0 Å². The summed E-state index contributed by atoms with van der Waals surface area (Å²) in [5.74, 6) is -1.20. The van der Waals surface area contributed by atoms with Gasteiger partial charge in [-0.1, -0.05) is 0 Å². The second-order valence-corrected chi connectivity index (χ2v) is 12.6. The molecule has 0 aromatic heterocycles. The zero-order valence-electron chi connectivity index (χ0n) is 27.3. The molecule has 4 heterocycles. The normalized spacial score (nSPS) is 48.5. The molecule has 2 amide bonds. The summed E-state index contributed by atoms with van der Waals surface area (Å²) in [5.41, 5.74) is 0. The summed E-state index contributed by atoms with van der Waals surface area (Å²) in [6.07, 6.45) is -30.8. The van der Waals surface area contributed by atoms with Crippen LogP contribution in [0.25, 0.3) is 0 Å². The minimum Gasteiger partial charge on any atom is -0.394 e. The van der Waals surface area contributed by atoms with Crippen LogP contribution in [-0.4, -0.2) is 211 Å². The Morgan fingerprint density at radius 3 is 1.56 bits per heavy atom. The Hall–Kier alpha value is -1.78. The van der Waals surface area contributed by atoms with E-state index in [2.05, 4.69) is 10.6 Å². The summed E-state index contributed by atoms with van der Waals surface area (Å²) < 4.78 is 39.3. The number of ether oxygens (including phenoxy) is 7. The van der Waals surface area contributed by atoms with Gasteiger partial charge < -0.3 is 100.0 Å². The zero-order chi connectivity index (χ0) is 37.2. The molecule has 13 N–H and O–H groups in total. The lowest BCUT2D eigenvalue weighted by Crippen LogP contribution is -2.69. The molecule has 4 rings (SSSR count). The summed E-state index contributed by atoms with van der Waals surface area (Å²) in [4.78, 5) is 23.4. The molecule has 4 fully saturated rings. The lowest BCUT2D eigenvalue weighted by Gasteiger charge is -2.49. The molecule has 0 saturated carbocycles. The van der Waals surface area contributed by atoms with Crippen LogP contribution in [-0.2, 0) is 42.7 Å². The third kappa shape index (κ3) is 8.70. The fourth-order valence-corrected chi connectivity index (χ4v) is 6.32. The molecule has 4 aliphatic heterocycles. The lowest BCUT2D eigenvalue weighted by molar-refractivity contribution is -0.389. The third-order valence-electron chi connectivity index (χ3n) is 8.98. The van der Waals surface area contributed by atoms with Crippen molar-refractivity contribution >= 4 is 11.8 Å². The van der Waals surface area contributed by atoms with Gasteiger partial charge in [-0.15, -0.1) is 0 Å². The summed E-state index contributed by atoms with van der Waals surface area (Å²) in [7, 11) is 0. The van der Waals surface area contributed by atoms with E-state index in [1.54, 1.807) is 0 Å². The van der Waals surface area contributed by atoms with Crippen molar-refractivity contribution < 1.29 is 98.9 Å². The van der Waals surface area contributed by atoms with Gasteiger partial charge in [0.05, 0.1) is 32.0 Å². The molecule has 22 nitrogen and oxygen atoms in total. The summed E-state index contributed by atoms with van der Waals surface area (Å²) >= 11 is 0. The van der Waals surface area contributed by atoms with Gasteiger partial charge in [0.15, 0.2) is 25.2 Å². The topological polar surface area (TPSA) is 345 Å². The quantitative estimate of drug-likeness (QED) is 0.0938. The number of hydrogen-bond acceptors (Lipinski definition) is 20. The number of nitrogens with one attached hydrogen (secondary N) is 2. The van der Waals surface area contributed by atoms with E-state index in [9.17, 15) is 65.8 Å². The van der Waals surface area contributed by atoms with Gasteiger partial charge in [0, 0.05) is 13.8 Å². The first-order valence-corrected chi connectivity index (χ1v) is 15.9. The molecule has 0 aromatic carbocycles. The smallest absolute Gasteiger partial charge is 0.217 e. The standard InChI is InChI=1S/C28H48N2O20/c1-7-13(29-8(2)34)17(38)20(41)26(44-7)50-24-18(39)15(36)10(4-31)46-28(24)48-22-12(6-33)47-27(21(42)19(22)40)49-23-14(30-9(3)35)25(43)45-11(5-32)16(23)37/h7,10-28,31-33,36-43H,4-6H2,1-3H3,(H,29,34)(H,30,35)/t7-,10-,11-,12-,13-,14-,15-,16-,17+,18+,19-,20-,21-,22+,23-,24+,25+,26+,27+,28-/m1/s1. The van der Waals surface area contributed by atoms with Crippen LogP contribution in [0.3, 0.4) is 0 Å². The minimum atomic E-state index is -2.04. The summed E-state index contributed by atoms with van der Waals surface area (Å²) in [5, 5.41) is 121. The molecule has 4 saturated heterocycles. The second-order valence-electron chi connectivity index (χ2n) is 12.6. The lowest BCUT2D eigenvalue weighted by atomic mass is 9.94. The average Bonchev–Trinajstić information content (AvgIpc) is 3.06. The Bertz CT molecular complexity index is 1120. The highest BCUT2D eigenvalue weighted by Gasteiger charge is 2.55. The summed E-state index contributed by atoms with van der Waals surface area (Å²) in [6.45, 7) is 1.18. The van der Waals surface area contributed by atoms with Crippen LogP contribution in [0.1, 0.15) is 20.8 Å². The molecule has 22 heteroatoms. The van der Waals surface area contributed by atoms with Gasteiger partial charge in [-0.2, -0.15) is 0 Å². The highest BCUT2D eigenvalue weighted by atomic mass is 16.8. The summed E-state index contributed by atoms with van der Waals surface area (Å²) in [6, 6.07) is -2.51. The fourth-order valence-electron chi connectivity index (χ4n) is 6.32. The maximum atomic E-state index is 11.8. The molecule has 0 radical (unpaired) electrons. The molecule has 0 spiro atoms. The van der Waals surface area contributed by atoms with Gasteiger partial charge in [-0.25, -0.2) is 0 Å². The van der Waals surface area contributed by atoms with E-state index in [-0.39, 0.29) is 0 Å². The number of carbonyl (C=O) groups excluding carboxylic acids is 2. The molecule has 4 aliphatic rings. The molecular formula is C28H48N2O20. The SMILES string of the molecule is CC(=O)N[C@@H]1[C@@H](O[C@@H]2O[C@H](CO)[C@H](O[C@H]3O[C@H](CO)[C@@H](O)[C@H](O)[C@@H]3O[C@@H]3O[C@H](C)[C@@H](NC(C)=O)[C@H](O)[C@H]3O)[C@H](O)[C@H]2O)[C@H](O)[C@@H](CO)O[C@@H]1O. The second kappa shape index (κ2) is 17.4. The number of aliphatic hydroxyl groups excluding tert-OH is 11. The van der Waals surface area contributed by atoms with Crippen molar-refractivity contribution in [2.24, 2.45) is 0 Å². The van der Waals surface area contributed by atoms with E-state index in [0.29, 0.717) is 0 Å². The average molecular weight is 733 g/mol. The largest absolute Gasteiger partial charge is 0.394 e. The number of amides is 2. The van der Waals surface area contributed by atoms with Crippen molar-refractivity contribution in [3.05, 3.63) is 0 Å². The Kier molecular flexibility index (Phi) is 14.2. The molecule has 290 valence electrons. The number of hydrogen-bond donors (Lipinski definition) is 13. The van der Waals surface area contributed by atoms with E-state index in [0.717, 1.165) is 6.92 Å². The maximum Gasteiger partial charge on any atom is 0.217 e. The first-order valence-electron chi connectivity index (χ1n) is 15.9. The van der Waals surface area contributed by atoms with E-state index in [4.69, 9.17) is 33.2 Å². The van der Waals surface area contributed by atoms with Gasteiger partial charge in [0.2, 0.25) is 11.8 Å². The van der Waals surface area contributed by atoms with Crippen molar-refractivity contribution in [2.75, 3.05) is 19.8 Å². The van der Waals surface area contributed by atoms with Crippen LogP contribution >= 0.6 is 0 Å². The molecule has 0 aromatic rings. The fraction of sp³-hybridized carbons (Fsp3) is 0.929.